The number of amides is 1. The Morgan fingerprint density at radius 1 is 0.963 bits per heavy atom. The molecular weight excluding hydrogens is 343 g/mol. The van der Waals surface area contributed by atoms with Crippen LogP contribution >= 0.6 is 0 Å². The summed E-state index contributed by atoms with van der Waals surface area (Å²) in [5.41, 5.74) is 3.65. The second-order valence-corrected chi connectivity index (χ2v) is 6.27. The molecule has 0 radical (unpaired) electrons. The van der Waals surface area contributed by atoms with Crippen molar-refractivity contribution in [3.63, 3.8) is 0 Å². The molecule has 0 saturated carbocycles. The number of aryl methyl sites for hydroxylation is 1. The molecule has 2 aromatic carbocycles. The quantitative estimate of drug-likeness (QED) is 0.673. The van der Waals surface area contributed by atoms with Gasteiger partial charge in [0.15, 0.2) is 0 Å². The van der Waals surface area contributed by atoms with Crippen LogP contribution in [0.1, 0.15) is 27.0 Å². The van der Waals surface area contributed by atoms with Crippen LogP contribution in [0.4, 0.5) is 10.3 Å². The Morgan fingerprint density at radius 2 is 1.59 bits per heavy atom. The number of carbonyl (C=O) groups excluding carboxylic acids is 1. The summed E-state index contributed by atoms with van der Waals surface area (Å²) in [4.78, 5) is 20.5. The van der Waals surface area contributed by atoms with Gasteiger partial charge in [0, 0.05) is 25.5 Å². The Labute approximate surface area is 157 Å². The van der Waals surface area contributed by atoms with E-state index >= 15 is 0 Å². The standard InChI is InChI=1S/C21H21FN4O/c1-15-2-4-17(5-3-15)12-24-20(27)18-13-25-21(26-14-18)23-11-10-16-6-8-19(22)9-7-16/h2-9,13-14H,10-12H2,1H3,(H,24,27)(H,23,25,26). The summed E-state index contributed by atoms with van der Waals surface area (Å²) >= 11 is 0. The van der Waals surface area contributed by atoms with E-state index in [2.05, 4.69) is 20.6 Å². The van der Waals surface area contributed by atoms with Crippen molar-refractivity contribution in [2.24, 2.45) is 0 Å². The van der Waals surface area contributed by atoms with E-state index in [1.54, 1.807) is 12.1 Å². The third-order valence-electron chi connectivity index (χ3n) is 4.10. The zero-order valence-electron chi connectivity index (χ0n) is 15.1. The molecule has 0 aliphatic rings. The molecule has 0 atom stereocenters. The lowest BCUT2D eigenvalue weighted by molar-refractivity contribution is 0.0950. The molecule has 2 N–H and O–H groups in total. The van der Waals surface area contributed by atoms with Gasteiger partial charge in [-0.15, -0.1) is 0 Å². The Balaban J connectivity index is 1.46. The number of carbonyl (C=O) groups is 1. The highest BCUT2D eigenvalue weighted by atomic mass is 19.1. The van der Waals surface area contributed by atoms with Gasteiger partial charge >= 0.3 is 0 Å². The smallest absolute Gasteiger partial charge is 0.254 e. The Morgan fingerprint density at radius 3 is 2.26 bits per heavy atom. The second-order valence-electron chi connectivity index (χ2n) is 6.27. The molecule has 0 saturated heterocycles. The lowest BCUT2D eigenvalue weighted by atomic mass is 10.1. The molecule has 138 valence electrons. The van der Waals surface area contributed by atoms with Crippen LogP contribution in [-0.4, -0.2) is 22.4 Å². The minimum Gasteiger partial charge on any atom is -0.354 e. The van der Waals surface area contributed by atoms with E-state index in [-0.39, 0.29) is 11.7 Å². The summed E-state index contributed by atoms with van der Waals surface area (Å²) in [5.74, 6) is -0.00748. The number of nitrogens with zero attached hydrogens (tertiary/aromatic N) is 2. The molecule has 6 heteroatoms. The van der Waals surface area contributed by atoms with Gasteiger partial charge in [0.05, 0.1) is 5.56 Å². The minimum absolute atomic E-state index is 0.214. The molecule has 0 bridgehead atoms. The fraction of sp³-hybridized carbons (Fsp3) is 0.190. The molecule has 0 unspecified atom stereocenters. The van der Waals surface area contributed by atoms with Crippen LogP contribution in [0, 0.1) is 12.7 Å². The third kappa shape index (κ3) is 5.60. The largest absolute Gasteiger partial charge is 0.354 e. The maximum Gasteiger partial charge on any atom is 0.254 e. The molecule has 5 nitrogen and oxygen atoms in total. The number of hydrogen-bond acceptors (Lipinski definition) is 4. The highest BCUT2D eigenvalue weighted by Crippen LogP contribution is 2.06. The molecule has 3 rings (SSSR count). The van der Waals surface area contributed by atoms with Crippen LogP contribution in [0.15, 0.2) is 60.9 Å². The second kappa shape index (κ2) is 8.89. The molecule has 0 fully saturated rings. The topological polar surface area (TPSA) is 66.9 Å². The van der Waals surface area contributed by atoms with Gasteiger partial charge in [0.1, 0.15) is 5.82 Å². The predicted octanol–water partition coefficient (Wildman–Crippen LogP) is 3.51. The van der Waals surface area contributed by atoms with Crippen LogP contribution in [-0.2, 0) is 13.0 Å². The van der Waals surface area contributed by atoms with E-state index in [1.807, 2.05) is 31.2 Å². The Bertz CT molecular complexity index is 878. The van der Waals surface area contributed by atoms with Crippen molar-refractivity contribution >= 4 is 11.9 Å². The zero-order chi connectivity index (χ0) is 19.1. The summed E-state index contributed by atoms with van der Waals surface area (Å²) in [6, 6.07) is 14.4. The normalized spacial score (nSPS) is 10.4. The third-order valence-corrected chi connectivity index (χ3v) is 4.10. The fourth-order valence-electron chi connectivity index (χ4n) is 2.50. The number of benzene rings is 2. The first kappa shape index (κ1) is 18.5. The first-order valence-corrected chi connectivity index (χ1v) is 8.74. The summed E-state index contributed by atoms with van der Waals surface area (Å²) < 4.78 is 12.9. The Hall–Kier alpha value is -3.28. The average Bonchev–Trinajstić information content (AvgIpc) is 2.69. The van der Waals surface area contributed by atoms with E-state index in [0.717, 1.165) is 17.5 Å². The average molecular weight is 364 g/mol. The summed E-state index contributed by atoms with van der Waals surface area (Å²) in [7, 11) is 0. The number of nitrogens with one attached hydrogen (secondary N) is 2. The first-order valence-electron chi connectivity index (χ1n) is 8.74. The van der Waals surface area contributed by atoms with E-state index in [4.69, 9.17) is 0 Å². The molecule has 0 aliphatic carbocycles. The monoisotopic (exact) mass is 364 g/mol. The van der Waals surface area contributed by atoms with Gasteiger partial charge in [-0.05, 0) is 36.6 Å². The van der Waals surface area contributed by atoms with Crippen molar-refractivity contribution in [3.8, 4) is 0 Å². The molecule has 1 amide bonds. The van der Waals surface area contributed by atoms with Crippen molar-refractivity contribution in [2.45, 2.75) is 19.9 Å². The van der Waals surface area contributed by atoms with Crippen LogP contribution in [0.3, 0.4) is 0 Å². The SMILES string of the molecule is Cc1ccc(CNC(=O)c2cnc(NCCc3ccc(F)cc3)nc2)cc1. The molecule has 1 heterocycles. The van der Waals surface area contributed by atoms with Crippen molar-refractivity contribution in [1.29, 1.82) is 0 Å². The van der Waals surface area contributed by atoms with Crippen LogP contribution < -0.4 is 10.6 Å². The predicted molar refractivity (Wildman–Crippen MR) is 103 cm³/mol. The summed E-state index contributed by atoms with van der Waals surface area (Å²) in [5, 5.41) is 5.94. The molecule has 1 aromatic heterocycles. The lowest BCUT2D eigenvalue weighted by Crippen LogP contribution is -2.23. The first-order chi connectivity index (χ1) is 13.1. The fourth-order valence-corrected chi connectivity index (χ4v) is 2.50. The maximum atomic E-state index is 12.9. The highest BCUT2D eigenvalue weighted by Gasteiger charge is 2.07. The van der Waals surface area contributed by atoms with E-state index in [9.17, 15) is 9.18 Å². The summed E-state index contributed by atoms with van der Waals surface area (Å²) in [6.45, 7) is 3.09. The molecule has 3 aromatic rings. The molecule has 0 spiro atoms. The van der Waals surface area contributed by atoms with Crippen LogP contribution in [0.2, 0.25) is 0 Å². The van der Waals surface area contributed by atoms with Crippen molar-refractivity contribution in [2.75, 3.05) is 11.9 Å². The van der Waals surface area contributed by atoms with Crippen molar-refractivity contribution < 1.29 is 9.18 Å². The van der Waals surface area contributed by atoms with E-state index < -0.39 is 0 Å². The Kier molecular flexibility index (Phi) is 6.10. The zero-order valence-corrected chi connectivity index (χ0v) is 15.1. The van der Waals surface area contributed by atoms with Gasteiger partial charge < -0.3 is 10.6 Å². The van der Waals surface area contributed by atoms with Gasteiger partial charge in [-0.2, -0.15) is 0 Å². The number of anilines is 1. The lowest BCUT2D eigenvalue weighted by Gasteiger charge is -2.07. The van der Waals surface area contributed by atoms with Gasteiger partial charge in [-0.3, -0.25) is 4.79 Å². The van der Waals surface area contributed by atoms with Crippen LogP contribution in [0.25, 0.3) is 0 Å². The van der Waals surface area contributed by atoms with E-state index in [0.29, 0.717) is 24.6 Å². The number of halogens is 1. The van der Waals surface area contributed by atoms with Crippen LogP contribution in [0.5, 0.6) is 0 Å². The molecule has 0 aliphatic heterocycles. The van der Waals surface area contributed by atoms with Crippen molar-refractivity contribution in [1.82, 2.24) is 15.3 Å². The van der Waals surface area contributed by atoms with Gasteiger partial charge in [-0.1, -0.05) is 42.0 Å². The number of hydrogen-bond donors (Lipinski definition) is 2. The van der Waals surface area contributed by atoms with Gasteiger partial charge in [0.2, 0.25) is 5.95 Å². The minimum atomic E-state index is -0.244. The maximum absolute atomic E-state index is 12.9. The highest BCUT2D eigenvalue weighted by molar-refractivity contribution is 5.93. The number of rotatable bonds is 7. The van der Waals surface area contributed by atoms with E-state index in [1.165, 1.54) is 30.1 Å². The van der Waals surface area contributed by atoms with Gasteiger partial charge in [-0.25, -0.2) is 14.4 Å². The van der Waals surface area contributed by atoms with Gasteiger partial charge in [0.25, 0.3) is 5.91 Å². The molecular formula is C21H21FN4O. The number of aromatic nitrogens is 2. The molecule has 27 heavy (non-hydrogen) atoms. The van der Waals surface area contributed by atoms with Crippen molar-refractivity contribution in [3.05, 3.63) is 89.0 Å². The summed E-state index contributed by atoms with van der Waals surface area (Å²) in [6.07, 6.45) is 3.72.